The van der Waals surface area contributed by atoms with Gasteiger partial charge in [0.2, 0.25) is 0 Å². The van der Waals surface area contributed by atoms with Gasteiger partial charge in [0.1, 0.15) is 6.33 Å². The fourth-order valence-corrected chi connectivity index (χ4v) is 7.83. The van der Waals surface area contributed by atoms with Crippen molar-refractivity contribution in [2.75, 3.05) is 0 Å². The maximum atomic E-state index is 4.86. The molecule has 0 aliphatic rings. The van der Waals surface area contributed by atoms with Gasteiger partial charge in [0.15, 0.2) is 0 Å². The Morgan fingerprint density at radius 3 is 2.46 bits per heavy atom. The van der Waals surface area contributed by atoms with E-state index in [1.54, 1.807) is 6.33 Å². The summed E-state index contributed by atoms with van der Waals surface area (Å²) < 4.78 is 3.92. The van der Waals surface area contributed by atoms with Crippen LogP contribution in [0.2, 0.25) is 0 Å². The third kappa shape index (κ3) is 3.66. The molecule has 0 bridgehead atoms. The number of aryl methyl sites for hydroxylation is 1. The molecule has 0 atom stereocenters. The Labute approximate surface area is 214 Å². The van der Waals surface area contributed by atoms with Crippen LogP contribution in [0.15, 0.2) is 54.9 Å². The second-order valence-corrected chi connectivity index (χ2v) is 13.3. The molecule has 6 aromatic rings. The first-order valence-corrected chi connectivity index (χ1v) is 14.0. The number of aromatic nitrogens is 2. The summed E-state index contributed by atoms with van der Waals surface area (Å²) in [6.45, 7) is 13.8. The highest BCUT2D eigenvalue weighted by Gasteiger charge is 2.22. The molecule has 0 radical (unpaired) electrons. The number of fused-ring (bicyclic) bond motifs is 6. The van der Waals surface area contributed by atoms with Crippen LogP contribution in [-0.4, -0.2) is 9.97 Å². The van der Waals surface area contributed by atoms with Crippen LogP contribution in [-0.2, 0) is 11.8 Å². The maximum absolute atomic E-state index is 4.86. The molecule has 0 aliphatic carbocycles. The van der Waals surface area contributed by atoms with Crippen molar-refractivity contribution in [3.8, 4) is 11.3 Å². The zero-order chi connectivity index (χ0) is 24.5. The molecule has 3 aromatic carbocycles. The summed E-state index contributed by atoms with van der Waals surface area (Å²) in [5.74, 6) is 0.625. The van der Waals surface area contributed by atoms with E-state index in [0.29, 0.717) is 5.92 Å². The van der Waals surface area contributed by atoms with Gasteiger partial charge in [-0.2, -0.15) is 0 Å². The third-order valence-electron chi connectivity index (χ3n) is 6.93. The number of benzene rings is 3. The van der Waals surface area contributed by atoms with E-state index in [1.165, 1.54) is 57.2 Å². The molecule has 0 saturated carbocycles. The van der Waals surface area contributed by atoms with Crippen LogP contribution >= 0.6 is 22.7 Å². The highest BCUT2D eigenvalue weighted by Crippen LogP contribution is 2.45. The summed E-state index contributed by atoms with van der Waals surface area (Å²) in [6.07, 6.45) is 2.85. The molecule has 4 heteroatoms. The van der Waals surface area contributed by atoms with Crippen LogP contribution in [0.25, 0.3) is 52.4 Å². The molecule has 0 spiro atoms. The van der Waals surface area contributed by atoms with Gasteiger partial charge in [-0.25, -0.2) is 9.97 Å². The molecule has 35 heavy (non-hydrogen) atoms. The van der Waals surface area contributed by atoms with Gasteiger partial charge in [-0.1, -0.05) is 58.9 Å². The minimum atomic E-state index is 0.0358. The maximum Gasteiger partial charge on any atom is 0.116 e. The van der Waals surface area contributed by atoms with Crippen LogP contribution in [0.1, 0.15) is 50.6 Å². The van der Waals surface area contributed by atoms with Gasteiger partial charge in [-0.3, -0.25) is 0 Å². The van der Waals surface area contributed by atoms with Crippen molar-refractivity contribution in [2.45, 2.75) is 53.4 Å². The standard InChI is InChI=1S/C31H30N2S2/c1-17(2)13-23-18(3)34-25-12-11-22-28-30(35-29(22)26(23)25)27(32-16-33-28)20-14-19-9-7-8-10-21(19)24(15-20)31(4,5)6/h7-12,14-17H,13H2,1-6H3. The Kier molecular flexibility index (Phi) is 5.24. The van der Waals surface area contributed by atoms with E-state index in [4.69, 9.17) is 9.97 Å². The minimum Gasteiger partial charge on any atom is -0.235 e. The second-order valence-electron chi connectivity index (χ2n) is 11.0. The Balaban J connectivity index is 1.68. The monoisotopic (exact) mass is 494 g/mol. The lowest BCUT2D eigenvalue weighted by molar-refractivity contribution is 0.596. The fraction of sp³-hybridized carbons (Fsp3) is 0.290. The van der Waals surface area contributed by atoms with Gasteiger partial charge in [-0.15, -0.1) is 22.7 Å². The smallest absolute Gasteiger partial charge is 0.116 e. The van der Waals surface area contributed by atoms with Crippen LogP contribution in [0.5, 0.6) is 0 Å². The molecule has 0 amide bonds. The first kappa shape index (κ1) is 22.6. The fourth-order valence-electron chi connectivity index (χ4n) is 5.32. The van der Waals surface area contributed by atoms with Crippen LogP contribution in [0.4, 0.5) is 0 Å². The minimum absolute atomic E-state index is 0.0358. The van der Waals surface area contributed by atoms with E-state index in [0.717, 1.165) is 17.6 Å². The van der Waals surface area contributed by atoms with Crippen LogP contribution in [0, 0.1) is 12.8 Å². The van der Waals surface area contributed by atoms with Crippen LogP contribution < -0.4 is 0 Å². The Morgan fingerprint density at radius 1 is 0.886 bits per heavy atom. The lowest BCUT2D eigenvalue weighted by atomic mass is 9.82. The molecule has 0 fully saturated rings. The van der Waals surface area contributed by atoms with Crippen molar-refractivity contribution < 1.29 is 0 Å². The van der Waals surface area contributed by atoms with E-state index in [-0.39, 0.29) is 5.41 Å². The first-order chi connectivity index (χ1) is 16.7. The summed E-state index contributed by atoms with van der Waals surface area (Å²) in [4.78, 5) is 11.1. The third-order valence-corrected chi connectivity index (χ3v) is 9.26. The average molecular weight is 495 g/mol. The molecular weight excluding hydrogens is 464 g/mol. The highest BCUT2D eigenvalue weighted by molar-refractivity contribution is 7.28. The van der Waals surface area contributed by atoms with Crippen molar-refractivity contribution in [3.63, 3.8) is 0 Å². The zero-order valence-electron chi connectivity index (χ0n) is 21.2. The first-order valence-electron chi connectivity index (χ1n) is 12.3. The van der Waals surface area contributed by atoms with Crippen molar-refractivity contribution in [3.05, 3.63) is 70.9 Å². The Hall–Kier alpha value is -2.82. The van der Waals surface area contributed by atoms with Crippen LogP contribution in [0.3, 0.4) is 0 Å². The second kappa shape index (κ2) is 8.11. The number of hydrogen-bond donors (Lipinski definition) is 0. The van der Waals surface area contributed by atoms with Crippen molar-refractivity contribution >= 4 is 63.8 Å². The van der Waals surface area contributed by atoms with E-state index >= 15 is 0 Å². The molecule has 0 unspecified atom stereocenters. The van der Waals surface area contributed by atoms with E-state index in [2.05, 4.69) is 90.1 Å². The molecule has 0 aliphatic heterocycles. The SMILES string of the molecule is Cc1sc2ccc3c4ncnc(-c5cc(C(C)(C)C)c6ccccc6c5)c4sc3c2c1CC(C)C. The summed E-state index contributed by atoms with van der Waals surface area (Å²) in [7, 11) is 0. The number of thiophene rings is 2. The Morgan fingerprint density at radius 2 is 1.69 bits per heavy atom. The normalized spacial score (nSPS) is 12.7. The largest absolute Gasteiger partial charge is 0.235 e. The quantitative estimate of drug-likeness (QED) is 0.245. The topological polar surface area (TPSA) is 25.8 Å². The summed E-state index contributed by atoms with van der Waals surface area (Å²) in [5.41, 5.74) is 6.18. The van der Waals surface area contributed by atoms with Gasteiger partial charge >= 0.3 is 0 Å². The average Bonchev–Trinajstić information content (AvgIpc) is 3.34. The number of hydrogen-bond acceptors (Lipinski definition) is 4. The molecular formula is C31H30N2S2. The molecule has 0 saturated heterocycles. The molecule has 3 heterocycles. The van der Waals surface area contributed by atoms with Gasteiger partial charge in [0, 0.05) is 30.6 Å². The van der Waals surface area contributed by atoms with E-state index in [1.807, 2.05) is 22.7 Å². The van der Waals surface area contributed by atoms with Crippen molar-refractivity contribution in [2.24, 2.45) is 5.92 Å². The molecule has 3 aromatic heterocycles. The molecule has 2 nitrogen and oxygen atoms in total. The van der Waals surface area contributed by atoms with Crippen molar-refractivity contribution in [1.82, 2.24) is 9.97 Å². The Bertz CT molecular complexity index is 1750. The van der Waals surface area contributed by atoms with Gasteiger partial charge in [0.25, 0.3) is 0 Å². The highest BCUT2D eigenvalue weighted by atomic mass is 32.1. The van der Waals surface area contributed by atoms with E-state index in [9.17, 15) is 0 Å². The summed E-state index contributed by atoms with van der Waals surface area (Å²) in [6, 6.07) is 17.9. The lowest BCUT2D eigenvalue weighted by Gasteiger charge is -2.22. The predicted molar refractivity (Wildman–Crippen MR) is 155 cm³/mol. The molecule has 6 rings (SSSR count). The summed E-state index contributed by atoms with van der Waals surface area (Å²) in [5, 5.41) is 5.26. The van der Waals surface area contributed by atoms with E-state index < -0.39 is 0 Å². The van der Waals surface area contributed by atoms with Gasteiger partial charge < -0.3 is 0 Å². The predicted octanol–water partition coefficient (Wildman–Crippen LogP) is 9.68. The molecule has 176 valence electrons. The van der Waals surface area contributed by atoms with Gasteiger partial charge in [-0.05, 0) is 70.8 Å². The van der Waals surface area contributed by atoms with Gasteiger partial charge in [0.05, 0.1) is 15.9 Å². The lowest BCUT2D eigenvalue weighted by Crippen LogP contribution is -2.12. The number of nitrogens with zero attached hydrogens (tertiary/aromatic N) is 2. The number of rotatable bonds is 3. The van der Waals surface area contributed by atoms with Crippen molar-refractivity contribution in [1.29, 1.82) is 0 Å². The zero-order valence-corrected chi connectivity index (χ0v) is 22.8. The summed E-state index contributed by atoms with van der Waals surface area (Å²) >= 11 is 3.79. The molecule has 0 N–H and O–H groups in total.